The zero-order valence-corrected chi connectivity index (χ0v) is 22.6. The van der Waals surface area contributed by atoms with Crippen molar-refractivity contribution in [1.29, 1.82) is 0 Å². The first-order valence-corrected chi connectivity index (χ1v) is 13.3. The monoisotopic (exact) mass is 580 g/mol. The van der Waals surface area contributed by atoms with Gasteiger partial charge in [-0.1, -0.05) is 29.3 Å². The predicted octanol–water partition coefficient (Wildman–Crippen LogP) is 8.48. The van der Waals surface area contributed by atoms with Gasteiger partial charge in [-0.05, 0) is 90.1 Å². The second kappa shape index (κ2) is 12.2. The van der Waals surface area contributed by atoms with Gasteiger partial charge in [-0.2, -0.15) is 0 Å². The van der Waals surface area contributed by atoms with Crippen LogP contribution in [0.4, 0.5) is 15.8 Å². The van der Waals surface area contributed by atoms with Gasteiger partial charge in [0.2, 0.25) is 0 Å². The zero-order chi connectivity index (χ0) is 24.8. The number of nitrogens with zero attached hydrogens (tertiary/aromatic N) is 1. The summed E-state index contributed by atoms with van der Waals surface area (Å²) < 4.78 is 26.6. The second-order valence-electron chi connectivity index (χ2n) is 8.39. The van der Waals surface area contributed by atoms with E-state index in [4.69, 9.17) is 32.7 Å². The normalized spacial score (nSPS) is 13.6. The summed E-state index contributed by atoms with van der Waals surface area (Å²) in [5, 5.41) is 4.51. The van der Waals surface area contributed by atoms with Gasteiger partial charge in [0.25, 0.3) is 0 Å². The van der Waals surface area contributed by atoms with E-state index in [9.17, 15) is 4.39 Å². The summed E-state index contributed by atoms with van der Waals surface area (Å²) in [5.74, 6) is 0.672. The van der Waals surface area contributed by atoms with Gasteiger partial charge in [0.1, 0.15) is 12.4 Å². The van der Waals surface area contributed by atoms with Gasteiger partial charge in [-0.15, -0.1) is 0 Å². The average molecular weight is 582 g/mol. The van der Waals surface area contributed by atoms with Crippen molar-refractivity contribution in [3.63, 3.8) is 0 Å². The summed E-state index contributed by atoms with van der Waals surface area (Å²) in [5.41, 5.74) is 3.33. The molecule has 1 aliphatic rings. The van der Waals surface area contributed by atoms with Crippen molar-refractivity contribution in [2.75, 3.05) is 29.9 Å². The molecule has 1 heterocycles. The summed E-state index contributed by atoms with van der Waals surface area (Å²) in [6.07, 6.45) is 3.70. The van der Waals surface area contributed by atoms with E-state index < -0.39 is 5.82 Å². The Morgan fingerprint density at radius 1 is 1.00 bits per heavy atom. The molecule has 186 valence electrons. The lowest BCUT2D eigenvalue weighted by atomic mass is 10.1. The molecule has 1 fully saturated rings. The maximum Gasteiger partial charge on any atom is 0.175 e. The summed E-state index contributed by atoms with van der Waals surface area (Å²) in [6.45, 7) is 5.04. The highest BCUT2D eigenvalue weighted by Gasteiger charge is 2.16. The van der Waals surface area contributed by atoms with Crippen molar-refractivity contribution >= 4 is 50.5 Å². The minimum absolute atomic E-state index is 0.0103. The number of ether oxygens (including phenoxy) is 2. The van der Waals surface area contributed by atoms with Crippen molar-refractivity contribution in [2.24, 2.45) is 0 Å². The number of piperidine rings is 1. The second-order valence-corrected chi connectivity index (χ2v) is 10.1. The first-order chi connectivity index (χ1) is 17.0. The van der Waals surface area contributed by atoms with Gasteiger partial charge in [-0.25, -0.2) is 4.39 Å². The van der Waals surface area contributed by atoms with Crippen molar-refractivity contribution in [3.8, 4) is 11.5 Å². The van der Waals surface area contributed by atoms with E-state index in [0.717, 1.165) is 35.1 Å². The lowest BCUT2D eigenvalue weighted by Crippen LogP contribution is -2.29. The van der Waals surface area contributed by atoms with Crippen molar-refractivity contribution in [1.82, 2.24) is 0 Å². The van der Waals surface area contributed by atoms with Crippen LogP contribution in [0.5, 0.6) is 11.5 Å². The van der Waals surface area contributed by atoms with Crippen molar-refractivity contribution < 1.29 is 13.9 Å². The Labute approximate surface area is 224 Å². The SMILES string of the molecule is CCOc1cc(CNc2ccc(N3CCCCC3)c(Cl)c2)cc(Br)c1OCc1c(F)cccc1Cl. The fourth-order valence-corrected chi connectivity index (χ4v) is 5.27. The molecule has 0 aromatic heterocycles. The molecule has 0 amide bonds. The Morgan fingerprint density at radius 2 is 1.80 bits per heavy atom. The van der Waals surface area contributed by atoms with Crippen LogP contribution in [-0.2, 0) is 13.2 Å². The quantitative estimate of drug-likeness (QED) is 0.275. The van der Waals surface area contributed by atoms with Crippen LogP contribution < -0.4 is 19.7 Å². The molecule has 0 spiro atoms. The molecule has 0 saturated carbocycles. The Kier molecular flexibility index (Phi) is 9.04. The largest absolute Gasteiger partial charge is 0.490 e. The number of hydrogen-bond acceptors (Lipinski definition) is 4. The molecular weight excluding hydrogens is 554 g/mol. The maximum absolute atomic E-state index is 14.2. The molecule has 4 rings (SSSR count). The van der Waals surface area contributed by atoms with Crippen molar-refractivity contribution in [3.05, 3.63) is 80.0 Å². The molecule has 0 bridgehead atoms. The summed E-state index contributed by atoms with van der Waals surface area (Å²) in [4.78, 5) is 2.36. The third kappa shape index (κ3) is 6.54. The number of anilines is 2. The van der Waals surface area contributed by atoms with Crippen LogP contribution in [0.15, 0.2) is 53.0 Å². The molecule has 8 heteroatoms. The lowest BCUT2D eigenvalue weighted by Gasteiger charge is -2.29. The van der Waals surface area contributed by atoms with Crippen LogP contribution >= 0.6 is 39.1 Å². The van der Waals surface area contributed by atoms with Gasteiger partial charge < -0.3 is 19.7 Å². The highest BCUT2D eigenvalue weighted by atomic mass is 79.9. The molecule has 0 radical (unpaired) electrons. The fourth-order valence-electron chi connectivity index (χ4n) is 4.15. The Hall–Kier alpha value is -2.15. The van der Waals surface area contributed by atoms with Crippen LogP contribution in [0.1, 0.15) is 37.3 Å². The topological polar surface area (TPSA) is 33.7 Å². The van der Waals surface area contributed by atoms with E-state index >= 15 is 0 Å². The zero-order valence-electron chi connectivity index (χ0n) is 19.6. The maximum atomic E-state index is 14.2. The predicted molar refractivity (Wildman–Crippen MR) is 146 cm³/mol. The molecule has 0 aliphatic carbocycles. The van der Waals surface area contributed by atoms with E-state index in [1.807, 2.05) is 25.1 Å². The van der Waals surface area contributed by atoms with Gasteiger partial charge in [-0.3, -0.25) is 0 Å². The highest BCUT2D eigenvalue weighted by molar-refractivity contribution is 9.10. The van der Waals surface area contributed by atoms with Gasteiger partial charge in [0.15, 0.2) is 11.5 Å². The molecular formula is C27H28BrCl2FN2O2. The molecule has 0 atom stereocenters. The van der Waals surface area contributed by atoms with Gasteiger partial charge in [0.05, 0.1) is 26.8 Å². The van der Waals surface area contributed by atoms with E-state index in [-0.39, 0.29) is 6.61 Å². The summed E-state index contributed by atoms with van der Waals surface area (Å²) in [6, 6.07) is 14.6. The minimum Gasteiger partial charge on any atom is -0.490 e. The Balaban J connectivity index is 1.46. The minimum atomic E-state index is -0.405. The number of nitrogens with one attached hydrogen (secondary N) is 1. The third-order valence-electron chi connectivity index (χ3n) is 5.93. The average Bonchev–Trinajstić information content (AvgIpc) is 2.84. The van der Waals surface area contributed by atoms with E-state index in [1.54, 1.807) is 12.1 Å². The van der Waals surface area contributed by atoms with Crippen LogP contribution in [-0.4, -0.2) is 19.7 Å². The number of halogens is 4. The third-order valence-corrected chi connectivity index (χ3v) is 7.18. The first kappa shape index (κ1) is 25.9. The number of hydrogen-bond donors (Lipinski definition) is 1. The Morgan fingerprint density at radius 3 is 2.51 bits per heavy atom. The van der Waals surface area contributed by atoms with Crippen molar-refractivity contribution in [2.45, 2.75) is 39.3 Å². The van der Waals surface area contributed by atoms with E-state index in [2.05, 4.69) is 38.3 Å². The number of benzene rings is 3. The van der Waals surface area contributed by atoms with Crippen LogP contribution in [0, 0.1) is 5.82 Å². The van der Waals surface area contributed by atoms with Gasteiger partial charge in [0, 0.05) is 30.9 Å². The fraction of sp³-hybridized carbons (Fsp3) is 0.333. The molecule has 3 aromatic carbocycles. The van der Waals surface area contributed by atoms with E-state index in [1.165, 1.54) is 25.3 Å². The Bertz CT molecular complexity index is 1150. The smallest absolute Gasteiger partial charge is 0.175 e. The molecule has 1 N–H and O–H groups in total. The number of rotatable bonds is 9. The molecule has 35 heavy (non-hydrogen) atoms. The summed E-state index contributed by atoms with van der Waals surface area (Å²) >= 11 is 16.3. The first-order valence-electron chi connectivity index (χ1n) is 11.8. The summed E-state index contributed by atoms with van der Waals surface area (Å²) in [7, 11) is 0. The standard InChI is InChI=1S/C27H28BrCl2FN2O2/c1-2-34-26-14-18(13-21(28)27(26)35-17-20-22(29)7-6-8-24(20)31)16-32-19-9-10-25(23(30)15-19)33-11-4-3-5-12-33/h6-10,13-15,32H,2-5,11-12,16-17H2,1H3. The molecule has 1 saturated heterocycles. The molecule has 3 aromatic rings. The molecule has 1 aliphatic heterocycles. The van der Waals surface area contributed by atoms with Crippen LogP contribution in [0.25, 0.3) is 0 Å². The molecule has 0 unspecified atom stereocenters. The highest BCUT2D eigenvalue weighted by Crippen LogP contribution is 2.38. The molecule has 4 nitrogen and oxygen atoms in total. The lowest BCUT2D eigenvalue weighted by molar-refractivity contribution is 0.264. The van der Waals surface area contributed by atoms with Crippen LogP contribution in [0.3, 0.4) is 0 Å². The van der Waals surface area contributed by atoms with Gasteiger partial charge >= 0.3 is 0 Å². The van der Waals surface area contributed by atoms with E-state index in [0.29, 0.717) is 39.7 Å². The van der Waals surface area contributed by atoms with Crippen LogP contribution in [0.2, 0.25) is 10.0 Å².